The molecule has 3 unspecified atom stereocenters. The van der Waals surface area contributed by atoms with Crippen molar-refractivity contribution in [1.29, 1.82) is 0 Å². The average Bonchev–Trinajstić information content (AvgIpc) is 2.39. The molecular formula is C14H23NO4S. The first-order chi connectivity index (χ1) is 9.22. The van der Waals surface area contributed by atoms with Gasteiger partial charge in [-0.2, -0.15) is 0 Å². The molecule has 3 N–H and O–H groups in total. The second kappa shape index (κ2) is 6.56. The monoisotopic (exact) mass is 301 g/mol. The molecule has 5 nitrogen and oxygen atoms in total. The fourth-order valence-electron chi connectivity index (χ4n) is 2.12. The van der Waals surface area contributed by atoms with E-state index in [1.165, 1.54) is 6.92 Å². The molecule has 0 fully saturated rings. The van der Waals surface area contributed by atoms with Gasteiger partial charge in [0.2, 0.25) is 0 Å². The van der Waals surface area contributed by atoms with Gasteiger partial charge in [-0.15, -0.1) is 0 Å². The first-order valence-corrected chi connectivity index (χ1v) is 8.39. The summed E-state index contributed by atoms with van der Waals surface area (Å²) in [7, 11) is -1.76. The molecule has 0 radical (unpaired) electrons. The van der Waals surface area contributed by atoms with Crippen molar-refractivity contribution in [2.45, 2.75) is 31.1 Å². The summed E-state index contributed by atoms with van der Waals surface area (Å²) >= 11 is 0. The standard InChI is InChI=1S/C14H23NO4S/c1-9-5-6-11(7-13(9)19-3)12(8-15)14(16)10(2)20(4,17)18/h5-7,10,12,14,16H,8,15H2,1-4H3. The van der Waals surface area contributed by atoms with Gasteiger partial charge in [-0.25, -0.2) is 8.42 Å². The number of rotatable bonds is 6. The Morgan fingerprint density at radius 3 is 2.45 bits per heavy atom. The topological polar surface area (TPSA) is 89.6 Å². The number of aliphatic hydroxyl groups excluding tert-OH is 1. The number of nitrogens with two attached hydrogens (primary N) is 1. The normalized spacial score (nSPS) is 16.5. The Morgan fingerprint density at radius 2 is 2.00 bits per heavy atom. The van der Waals surface area contributed by atoms with Crippen molar-refractivity contribution in [2.24, 2.45) is 5.73 Å². The van der Waals surface area contributed by atoms with Crippen LogP contribution in [0.3, 0.4) is 0 Å². The van der Waals surface area contributed by atoms with Gasteiger partial charge in [-0.3, -0.25) is 0 Å². The fourth-order valence-corrected chi connectivity index (χ4v) is 2.82. The Hall–Kier alpha value is -1.11. The number of sulfone groups is 1. The predicted molar refractivity (Wildman–Crippen MR) is 79.8 cm³/mol. The molecule has 0 aliphatic heterocycles. The minimum atomic E-state index is -3.33. The molecular weight excluding hydrogens is 278 g/mol. The van der Waals surface area contributed by atoms with E-state index in [0.29, 0.717) is 5.75 Å². The highest BCUT2D eigenvalue weighted by Crippen LogP contribution is 2.28. The van der Waals surface area contributed by atoms with Crippen molar-refractivity contribution in [1.82, 2.24) is 0 Å². The molecule has 0 aliphatic carbocycles. The van der Waals surface area contributed by atoms with Gasteiger partial charge in [0, 0.05) is 18.7 Å². The van der Waals surface area contributed by atoms with Gasteiger partial charge in [-0.1, -0.05) is 12.1 Å². The summed E-state index contributed by atoms with van der Waals surface area (Å²) in [5, 5.41) is 9.43. The van der Waals surface area contributed by atoms with Crippen molar-refractivity contribution in [3.05, 3.63) is 29.3 Å². The molecule has 6 heteroatoms. The van der Waals surface area contributed by atoms with Gasteiger partial charge in [0.05, 0.1) is 18.5 Å². The van der Waals surface area contributed by atoms with Gasteiger partial charge in [0.25, 0.3) is 0 Å². The molecule has 0 aliphatic rings. The minimum absolute atomic E-state index is 0.160. The van der Waals surface area contributed by atoms with Crippen molar-refractivity contribution < 1.29 is 18.3 Å². The summed E-state index contributed by atoms with van der Waals surface area (Å²) in [5.74, 6) is 0.245. The zero-order valence-corrected chi connectivity index (χ0v) is 13.1. The van der Waals surface area contributed by atoms with Gasteiger partial charge >= 0.3 is 0 Å². The molecule has 1 aromatic carbocycles. The number of aliphatic hydroxyl groups is 1. The van der Waals surface area contributed by atoms with Crippen LogP contribution in [0.5, 0.6) is 5.75 Å². The molecule has 0 saturated carbocycles. The van der Waals surface area contributed by atoms with Crippen LogP contribution in [-0.2, 0) is 9.84 Å². The molecule has 0 amide bonds. The zero-order chi connectivity index (χ0) is 15.5. The third kappa shape index (κ3) is 3.71. The Labute approximate surface area is 120 Å². The van der Waals surface area contributed by atoms with E-state index < -0.39 is 27.1 Å². The molecule has 0 heterocycles. The van der Waals surface area contributed by atoms with Crippen molar-refractivity contribution in [3.8, 4) is 5.75 Å². The molecule has 114 valence electrons. The number of hydrogen-bond acceptors (Lipinski definition) is 5. The minimum Gasteiger partial charge on any atom is -0.496 e. The number of ether oxygens (including phenoxy) is 1. The lowest BCUT2D eigenvalue weighted by Crippen LogP contribution is -2.38. The number of hydrogen-bond donors (Lipinski definition) is 2. The van der Waals surface area contributed by atoms with E-state index in [2.05, 4.69) is 0 Å². The quantitative estimate of drug-likeness (QED) is 0.812. The lowest BCUT2D eigenvalue weighted by atomic mass is 9.91. The second-order valence-electron chi connectivity index (χ2n) is 5.10. The molecule has 1 aromatic rings. The lowest BCUT2D eigenvalue weighted by Gasteiger charge is -2.26. The Bertz CT molecular complexity index is 556. The lowest BCUT2D eigenvalue weighted by molar-refractivity contribution is 0.143. The van der Waals surface area contributed by atoms with Crippen LogP contribution in [0.15, 0.2) is 18.2 Å². The van der Waals surface area contributed by atoms with Crippen LogP contribution in [0.25, 0.3) is 0 Å². The van der Waals surface area contributed by atoms with Crippen LogP contribution in [0.4, 0.5) is 0 Å². The molecule has 3 atom stereocenters. The summed E-state index contributed by atoms with van der Waals surface area (Å²) in [5.41, 5.74) is 7.47. The summed E-state index contributed by atoms with van der Waals surface area (Å²) < 4.78 is 28.4. The molecule has 1 rings (SSSR count). The summed E-state index contributed by atoms with van der Waals surface area (Å²) in [4.78, 5) is 0. The van der Waals surface area contributed by atoms with E-state index in [1.807, 2.05) is 19.1 Å². The highest BCUT2D eigenvalue weighted by atomic mass is 32.2. The maximum Gasteiger partial charge on any atom is 0.152 e. The first kappa shape index (κ1) is 16.9. The van der Waals surface area contributed by atoms with Gasteiger partial charge in [0.15, 0.2) is 9.84 Å². The second-order valence-corrected chi connectivity index (χ2v) is 7.50. The highest BCUT2D eigenvalue weighted by Gasteiger charge is 2.31. The molecule has 0 aromatic heterocycles. The maximum atomic E-state index is 11.6. The molecule has 0 saturated heterocycles. The molecule has 20 heavy (non-hydrogen) atoms. The van der Waals surface area contributed by atoms with Crippen LogP contribution in [-0.4, -0.2) is 44.8 Å². The first-order valence-electron chi connectivity index (χ1n) is 6.44. The predicted octanol–water partition coefficient (Wildman–Crippen LogP) is 0.840. The number of methoxy groups -OCH3 is 1. The molecule has 0 spiro atoms. The maximum absolute atomic E-state index is 11.6. The zero-order valence-electron chi connectivity index (χ0n) is 12.3. The summed E-state index contributed by atoms with van der Waals surface area (Å²) in [6.45, 7) is 3.57. The Kier molecular flexibility index (Phi) is 5.56. The average molecular weight is 301 g/mol. The van der Waals surface area contributed by atoms with E-state index in [1.54, 1.807) is 13.2 Å². The largest absolute Gasteiger partial charge is 0.496 e. The third-order valence-electron chi connectivity index (χ3n) is 3.68. The van der Waals surface area contributed by atoms with E-state index >= 15 is 0 Å². The summed E-state index contributed by atoms with van der Waals surface area (Å²) in [6.07, 6.45) is 0.0619. The van der Waals surface area contributed by atoms with Crippen molar-refractivity contribution in [3.63, 3.8) is 0 Å². The number of benzene rings is 1. The van der Waals surface area contributed by atoms with E-state index in [-0.39, 0.29) is 6.54 Å². The smallest absolute Gasteiger partial charge is 0.152 e. The van der Waals surface area contributed by atoms with Gasteiger partial charge < -0.3 is 15.6 Å². The number of aryl methyl sites for hydroxylation is 1. The third-order valence-corrected chi connectivity index (χ3v) is 5.31. The van der Waals surface area contributed by atoms with Crippen LogP contribution in [0.2, 0.25) is 0 Å². The van der Waals surface area contributed by atoms with E-state index in [4.69, 9.17) is 10.5 Å². The SMILES string of the molecule is COc1cc(C(CN)C(O)C(C)S(C)(=O)=O)ccc1C. The Balaban J connectivity index is 3.13. The van der Waals surface area contributed by atoms with E-state index in [0.717, 1.165) is 17.4 Å². The Morgan fingerprint density at radius 1 is 1.40 bits per heavy atom. The van der Waals surface area contributed by atoms with Crippen LogP contribution in [0.1, 0.15) is 24.0 Å². The van der Waals surface area contributed by atoms with Gasteiger partial charge in [-0.05, 0) is 31.0 Å². The van der Waals surface area contributed by atoms with Crippen molar-refractivity contribution in [2.75, 3.05) is 19.9 Å². The van der Waals surface area contributed by atoms with Crippen molar-refractivity contribution >= 4 is 9.84 Å². The molecule has 0 bridgehead atoms. The van der Waals surface area contributed by atoms with Crippen LogP contribution in [0, 0.1) is 6.92 Å². The summed E-state index contributed by atoms with van der Waals surface area (Å²) in [6, 6.07) is 5.51. The van der Waals surface area contributed by atoms with Crippen LogP contribution >= 0.6 is 0 Å². The highest BCUT2D eigenvalue weighted by molar-refractivity contribution is 7.91. The van der Waals surface area contributed by atoms with Crippen LogP contribution < -0.4 is 10.5 Å². The van der Waals surface area contributed by atoms with Gasteiger partial charge in [0.1, 0.15) is 5.75 Å². The fraction of sp³-hybridized carbons (Fsp3) is 0.571. The van der Waals surface area contributed by atoms with E-state index in [9.17, 15) is 13.5 Å².